The van der Waals surface area contributed by atoms with Gasteiger partial charge < -0.3 is 16.2 Å². The van der Waals surface area contributed by atoms with Crippen LogP contribution in [0.15, 0.2) is 18.2 Å². The minimum atomic E-state index is -0.196. The lowest BCUT2D eigenvalue weighted by Gasteiger charge is -2.17. The summed E-state index contributed by atoms with van der Waals surface area (Å²) in [5, 5.41) is 0.574. The van der Waals surface area contributed by atoms with E-state index in [1.54, 1.807) is 6.07 Å². The smallest absolute Gasteiger partial charge is 0.137 e. The predicted octanol–water partition coefficient (Wildman–Crippen LogP) is 2.09. The van der Waals surface area contributed by atoms with Gasteiger partial charge in [-0.2, -0.15) is 0 Å². The highest BCUT2D eigenvalue weighted by molar-refractivity contribution is 6.32. The fourth-order valence-electron chi connectivity index (χ4n) is 1.30. The molecule has 0 aliphatic rings. The number of ether oxygens (including phenoxy) is 1. The van der Waals surface area contributed by atoms with Crippen LogP contribution >= 0.6 is 11.6 Å². The molecule has 1 aromatic carbocycles. The van der Waals surface area contributed by atoms with Crippen LogP contribution in [-0.2, 0) is 0 Å². The summed E-state index contributed by atoms with van der Waals surface area (Å²) in [5.74, 6) is 0.680. The van der Waals surface area contributed by atoms with Crippen molar-refractivity contribution in [1.82, 2.24) is 0 Å². The molecule has 0 amide bonds. The van der Waals surface area contributed by atoms with Gasteiger partial charge in [0.05, 0.1) is 11.6 Å². The first-order valence-electron chi connectivity index (χ1n) is 4.99. The zero-order chi connectivity index (χ0) is 11.4. The standard InChI is InChI=1S/C11H17ClN2O/c1-3-15-10-5-4-8(6-9(10)12)11(14)7(2)13/h4-7,11H,3,13-14H2,1-2H3. The summed E-state index contributed by atoms with van der Waals surface area (Å²) in [7, 11) is 0. The third-order valence-corrected chi connectivity index (χ3v) is 2.50. The maximum atomic E-state index is 6.04. The van der Waals surface area contributed by atoms with Crippen molar-refractivity contribution in [2.45, 2.75) is 25.9 Å². The molecular formula is C11H17ClN2O. The van der Waals surface area contributed by atoms with Crippen LogP contribution in [0.3, 0.4) is 0 Å². The van der Waals surface area contributed by atoms with Crippen molar-refractivity contribution in [1.29, 1.82) is 0 Å². The summed E-state index contributed by atoms with van der Waals surface area (Å²) in [6.07, 6.45) is 0. The summed E-state index contributed by atoms with van der Waals surface area (Å²) in [6.45, 7) is 4.38. The van der Waals surface area contributed by atoms with Crippen LogP contribution in [0.2, 0.25) is 5.02 Å². The van der Waals surface area contributed by atoms with Gasteiger partial charge >= 0.3 is 0 Å². The Morgan fingerprint density at radius 1 is 1.40 bits per heavy atom. The predicted molar refractivity (Wildman–Crippen MR) is 63.2 cm³/mol. The molecule has 2 atom stereocenters. The molecular weight excluding hydrogens is 212 g/mol. The molecule has 3 nitrogen and oxygen atoms in total. The van der Waals surface area contributed by atoms with E-state index in [1.807, 2.05) is 26.0 Å². The Morgan fingerprint density at radius 2 is 2.07 bits per heavy atom. The van der Waals surface area contributed by atoms with Gasteiger partial charge in [0.2, 0.25) is 0 Å². The zero-order valence-electron chi connectivity index (χ0n) is 9.03. The third kappa shape index (κ3) is 3.09. The summed E-state index contributed by atoms with van der Waals surface area (Å²) in [5.41, 5.74) is 12.6. The van der Waals surface area contributed by atoms with Gasteiger partial charge in [-0.05, 0) is 31.5 Å². The minimum absolute atomic E-state index is 0.0981. The summed E-state index contributed by atoms with van der Waals surface area (Å²) >= 11 is 6.04. The Kier molecular flexibility index (Phi) is 4.39. The Balaban J connectivity index is 2.90. The molecule has 15 heavy (non-hydrogen) atoms. The van der Waals surface area contributed by atoms with Crippen LogP contribution in [0.4, 0.5) is 0 Å². The van der Waals surface area contributed by atoms with E-state index in [2.05, 4.69) is 0 Å². The van der Waals surface area contributed by atoms with E-state index in [9.17, 15) is 0 Å². The Morgan fingerprint density at radius 3 is 2.53 bits per heavy atom. The Hall–Kier alpha value is -0.770. The minimum Gasteiger partial charge on any atom is -0.492 e. The molecule has 0 aromatic heterocycles. The SMILES string of the molecule is CCOc1ccc(C(N)C(C)N)cc1Cl. The van der Waals surface area contributed by atoms with Gasteiger partial charge in [0.15, 0.2) is 0 Å². The van der Waals surface area contributed by atoms with Crippen LogP contribution in [0, 0.1) is 0 Å². The summed E-state index contributed by atoms with van der Waals surface area (Å²) < 4.78 is 5.33. The maximum absolute atomic E-state index is 6.04. The van der Waals surface area contributed by atoms with Crippen molar-refractivity contribution < 1.29 is 4.74 Å². The van der Waals surface area contributed by atoms with Crippen molar-refractivity contribution in [3.8, 4) is 5.75 Å². The molecule has 0 saturated carbocycles. The lowest BCUT2D eigenvalue weighted by Crippen LogP contribution is -2.30. The average Bonchev–Trinajstić information content (AvgIpc) is 2.20. The number of benzene rings is 1. The Labute approximate surface area is 95.4 Å². The number of rotatable bonds is 4. The highest BCUT2D eigenvalue weighted by atomic mass is 35.5. The molecule has 1 rings (SSSR count). The molecule has 0 radical (unpaired) electrons. The molecule has 84 valence electrons. The van der Waals surface area contributed by atoms with Gasteiger partial charge in [-0.15, -0.1) is 0 Å². The zero-order valence-corrected chi connectivity index (χ0v) is 9.79. The summed E-state index contributed by atoms with van der Waals surface area (Å²) in [6, 6.07) is 5.23. The third-order valence-electron chi connectivity index (χ3n) is 2.21. The topological polar surface area (TPSA) is 61.3 Å². The van der Waals surface area contributed by atoms with Crippen LogP contribution in [0.25, 0.3) is 0 Å². The molecule has 0 aliphatic carbocycles. The second-order valence-electron chi connectivity index (χ2n) is 3.51. The van der Waals surface area contributed by atoms with Gasteiger partial charge in [-0.3, -0.25) is 0 Å². The molecule has 1 aromatic rings. The first-order chi connectivity index (χ1) is 7.06. The molecule has 4 heteroatoms. The van der Waals surface area contributed by atoms with Gasteiger partial charge in [0.1, 0.15) is 5.75 Å². The largest absolute Gasteiger partial charge is 0.492 e. The quantitative estimate of drug-likeness (QED) is 0.830. The van der Waals surface area contributed by atoms with Crippen LogP contribution < -0.4 is 16.2 Å². The van der Waals surface area contributed by atoms with E-state index >= 15 is 0 Å². The molecule has 0 aliphatic heterocycles. The molecule has 0 bridgehead atoms. The van der Waals surface area contributed by atoms with E-state index in [1.165, 1.54) is 0 Å². The first kappa shape index (κ1) is 12.3. The van der Waals surface area contributed by atoms with Crippen LogP contribution in [-0.4, -0.2) is 12.6 Å². The second-order valence-corrected chi connectivity index (χ2v) is 3.91. The maximum Gasteiger partial charge on any atom is 0.137 e. The van der Waals surface area contributed by atoms with Crippen molar-refractivity contribution in [3.63, 3.8) is 0 Å². The fourth-order valence-corrected chi connectivity index (χ4v) is 1.54. The van der Waals surface area contributed by atoms with E-state index in [-0.39, 0.29) is 12.1 Å². The molecule has 4 N–H and O–H groups in total. The molecule has 0 heterocycles. The normalized spacial score (nSPS) is 14.7. The van der Waals surface area contributed by atoms with Crippen LogP contribution in [0.1, 0.15) is 25.5 Å². The van der Waals surface area contributed by atoms with E-state index in [0.717, 1.165) is 5.56 Å². The molecule has 0 spiro atoms. The van der Waals surface area contributed by atoms with E-state index in [4.69, 9.17) is 27.8 Å². The summed E-state index contributed by atoms with van der Waals surface area (Å²) in [4.78, 5) is 0. The number of hydrogen-bond acceptors (Lipinski definition) is 3. The van der Waals surface area contributed by atoms with Crippen molar-refractivity contribution in [3.05, 3.63) is 28.8 Å². The van der Waals surface area contributed by atoms with Gasteiger partial charge in [-0.25, -0.2) is 0 Å². The van der Waals surface area contributed by atoms with E-state index < -0.39 is 0 Å². The fraction of sp³-hybridized carbons (Fsp3) is 0.455. The highest BCUT2D eigenvalue weighted by Crippen LogP contribution is 2.27. The Bertz CT molecular complexity index is 328. The lowest BCUT2D eigenvalue weighted by molar-refractivity contribution is 0.340. The molecule has 0 fully saturated rings. The average molecular weight is 229 g/mol. The van der Waals surface area contributed by atoms with Gasteiger partial charge in [0.25, 0.3) is 0 Å². The first-order valence-corrected chi connectivity index (χ1v) is 5.37. The number of nitrogens with two attached hydrogens (primary N) is 2. The van der Waals surface area contributed by atoms with Gasteiger partial charge in [0, 0.05) is 12.1 Å². The van der Waals surface area contributed by atoms with Crippen LogP contribution in [0.5, 0.6) is 5.75 Å². The van der Waals surface area contributed by atoms with Crippen molar-refractivity contribution >= 4 is 11.6 Å². The molecule has 0 saturated heterocycles. The second kappa shape index (κ2) is 5.35. The molecule has 2 unspecified atom stereocenters. The number of hydrogen-bond donors (Lipinski definition) is 2. The highest BCUT2D eigenvalue weighted by Gasteiger charge is 2.12. The van der Waals surface area contributed by atoms with Crippen molar-refractivity contribution in [2.75, 3.05) is 6.61 Å². The van der Waals surface area contributed by atoms with Gasteiger partial charge in [-0.1, -0.05) is 17.7 Å². The monoisotopic (exact) mass is 228 g/mol. The van der Waals surface area contributed by atoms with Crippen molar-refractivity contribution in [2.24, 2.45) is 11.5 Å². The van der Waals surface area contributed by atoms with E-state index in [0.29, 0.717) is 17.4 Å². The lowest BCUT2D eigenvalue weighted by atomic mass is 10.0. The number of halogens is 1.